The zero-order valence-corrected chi connectivity index (χ0v) is 18.4. The van der Waals surface area contributed by atoms with Crippen molar-refractivity contribution in [3.05, 3.63) is 84.9 Å². The number of anilines is 1. The number of aromatic nitrogens is 3. The largest absolute Gasteiger partial charge is 0.337 e. The van der Waals surface area contributed by atoms with Gasteiger partial charge in [0.2, 0.25) is 5.91 Å². The van der Waals surface area contributed by atoms with Crippen molar-refractivity contribution in [2.24, 2.45) is 0 Å². The summed E-state index contributed by atoms with van der Waals surface area (Å²) in [5.74, 6) is 6.17. The molecular formula is C23H21N5OS2. The highest BCUT2D eigenvalue weighted by atomic mass is 32.2. The lowest BCUT2D eigenvalue weighted by Gasteiger charge is -2.17. The summed E-state index contributed by atoms with van der Waals surface area (Å²) < 4.78 is 1.45. The van der Waals surface area contributed by atoms with Crippen molar-refractivity contribution < 1.29 is 4.79 Å². The second-order valence-electron chi connectivity index (χ2n) is 6.65. The Morgan fingerprint density at radius 2 is 1.71 bits per heavy atom. The van der Waals surface area contributed by atoms with E-state index < -0.39 is 0 Å². The third kappa shape index (κ3) is 4.87. The van der Waals surface area contributed by atoms with Gasteiger partial charge in [0, 0.05) is 23.1 Å². The molecule has 0 atom stereocenters. The molecule has 2 aromatic carbocycles. The number of carbonyl (C=O) groups excluding carboxylic acids is 1. The third-order valence-corrected chi connectivity index (χ3v) is 6.31. The second-order valence-corrected chi connectivity index (χ2v) is 8.42. The Labute approximate surface area is 189 Å². The van der Waals surface area contributed by atoms with Crippen LogP contribution in [-0.4, -0.2) is 32.8 Å². The van der Waals surface area contributed by atoms with Crippen molar-refractivity contribution in [3.8, 4) is 22.5 Å². The van der Waals surface area contributed by atoms with E-state index in [9.17, 15) is 4.79 Å². The number of amides is 1. The van der Waals surface area contributed by atoms with Crippen LogP contribution in [0.15, 0.2) is 90.1 Å². The van der Waals surface area contributed by atoms with Crippen LogP contribution in [0, 0.1) is 0 Å². The van der Waals surface area contributed by atoms with Crippen LogP contribution in [0.1, 0.15) is 0 Å². The normalized spacial score (nSPS) is 10.7. The molecule has 8 heteroatoms. The van der Waals surface area contributed by atoms with Gasteiger partial charge < -0.3 is 5.84 Å². The first kappa shape index (κ1) is 20.9. The Morgan fingerprint density at radius 1 is 1.06 bits per heavy atom. The maximum absolute atomic E-state index is 13.0. The fraction of sp³-hybridized carbons (Fsp3) is 0.0870. The van der Waals surface area contributed by atoms with Gasteiger partial charge in [-0.1, -0.05) is 78.5 Å². The Morgan fingerprint density at radius 3 is 2.35 bits per heavy atom. The predicted octanol–water partition coefficient (Wildman–Crippen LogP) is 4.70. The van der Waals surface area contributed by atoms with Crippen molar-refractivity contribution in [2.75, 3.05) is 23.0 Å². The van der Waals surface area contributed by atoms with Crippen LogP contribution in [0.3, 0.4) is 0 Å². The Hall–Kier alpha value is -3.36. The van der Waals surface area contributed by atoms with E-state index in [0.717, 1.165) is 22.5 Å². The lowest BCUT2D eigenvalue weighted by molar-refractivity contribution is -0.116. The average molecular weight is 448 g/mol. The molecule has 0 aliphatic rings. The van der Waals surface area contributed by atoms with Crippen molar-refractivity contribution in [3.63, 3.8) is 0 Å². The smallest absolute Gasteiger partial charge is 0.239 e. The van der Waals surface area contributed by atoms with Crippen molar-refractivity contribution in [2.45, 2.75) is 5.16 Å². The van der Waals surface area contributed by atoms with Gasteiger partial charge in [0.05, 0.1) is 23.3 Å². The first-order valence-corrected chi connectivity index (χ1v) is 11.5. The van der Waals surface area contributed by atoms with Crippen molar-refractivity contribution in [1.82, 2.24) is 14.6 Å². The van der Waals surface area contributed by atoms with Crippen LogP contribution >= 0.6 is 23.1 Å². The summed E-state index contributed by atoms with van der Waals surface area (Å²) in [4.78, 5) is 23.9. The SMILES string of the molecule is C=CCN(C(=O)CSc1nc(-c2ccccc2)cn1N)c1nc(-c2ccccc2)cs1. The number of imidazole rings is 1. The summed E-state index contributed by atoms with van der Waals surface area (Å²) in [6.45, 7) is 4.16. The molecule has 2 heterocycles. The molecule has 1 amide bonds. The molecule has 31 heavy (non-hydrogen) atoms. The minimum Gasteiger partial charge on any atom is -0.337 e. The number of hydrogen-bond acceptors (Lipinski definition) is 6. The van der Waals surface area contributed by atoms with Gasteiger partial charge in [0.1, 0.15) is 0 Å². The van der Waals surface area contributed by atoms with Gasteiger partial charge in [0.15, 0.2) is 10.3 Å². The van der Waals surface area contributed by atoms with E-state index in [1.165, 1.54) is 27.8 Å². The van der Waals surface area contributed by atoms with E-state index in [4.69, 9.17) is 5.84 Å². The maximum Gasteiger partial charge on any atom is 0.239 e. The summed E-state index contributed by atoms with van der Waals surface area (Å²) in [7, 11) is 0. The molecule has 2 aromatic heterocycles. The molecule has 156 valence electrons. The predicted molar refractivity (Wildman–Crippen MR) is 129 cm³/mol. The molecule has 0 aliphatic carbocycles. The number of hydrogen-bond donors (Lipinski definition) is 1. The summed E-state index contributed by atoms with van der Waals surface area (Å²) in [6, 6.07) is 19.7. The van der Waals surface area contributed by atoms with Crippen LogP contribution in [-0.2, 0) is 4.79 Å². The molecule has 2 N–H and O–H groups in total. The van der Waals surface area contributed by atoms with E-state index >= 15 is 0 Å². The zero-order valence-electron chi connectivity index (χ0n) is 16.7. The zero-order chi connectivity index (χ0) is 21.6. The number of benzene rings is 2. The summed E-state index contributed by atoms with van der Waals surface area (Å²) >= 11 is 2.74. The van der Waals surface area contributed by atoms with Gasteiger partial charge in [-0.2, -0.15) is 0 Å². The van der Waals surface area contributed by atoms with Gasteiger partial charge in [-0.15, -0.1) is 17.9 Å². The Balaban J connectivity index is 1.47. The Bertz CT molecular complexity index is 1170. The molecule has 0 aliphatic heterocycles. The fourth-order valence-electron chi connectivity index (χ4n) is 2.98. The number of rotatable bonds is 8. The molecule has 0 radical (unpaired) electrons. The molecule has 0 bridgehead atoms. The van der Waals surface area contributed by atoms with Gasteiger partial charge >= 0.3 is 0 Å². The van der Waals surface area contributed by atoms with Gasteiger partial charge in [-0.05, 0) is 0 Å². The number of carbonyl (C=O) groups is 1. The van der Waals surface area contributed by atoms with Gasteiger partial charge in [-0.3, -0.25) is 9.69 Å². The minimum absolute atomic E-state index is 0.0804. The Kier molecular flexibility index (Phi) is 6.49. The average Bonchev–Trinajstić information content (AvgIpc) is 3.44. The highest BCUT2D eigenvalue weighted by Gasteiger charge is 2.20. The molecule has 0 spiro atoms. The van der Waals surface area contributed by atoms with Crippen molar-refractivity contribution in [1.29, 1.82) is 0 Å². The van der Waals surface area contributed by atoms with Gasteiger partial charge in [-0.25, -0.2) is 14.6 Å². The lowest BCUT2D eigenvalue weighted by Crippen LogP contribution is -2.32. The lowest BCUT2D eigenvalue weighted by atomic mass is 10.2. The monoisotopic (exact) mass is 447 g/mol. The highest BCUT2D eigenvalue weighted by molar-refractivity contribution is 7.99. The molecule has 0 saturated heterocycles. The third-order valence-electron chi connectivity index (χ3n) is 4.50. The topological polar surface area (TPSA) is 77.0 Å². The summed E-state index contributed by atoms with van der Waals surface area (Å²) in [6.07, 6.45) is 3.46. The summed E-state index contributed by atoms with van der Waals surface area (Å²) in [5.41, 5.74) is 3.61. The van der Waals surface area contributed by atoms with E-state index in [2.05, 4.69) is 16.5 Å². The quantitative estimate of drug-likeness (QED) is 0.241. The molecule has 0 saturated carbocycles. The van der Waals surface area contributed by atoms with Crippen LogP contribution in [0.4, 0.5) is 5.13 Å². The van der Waals surface area contributed by atoms with Crippen LogP contribution < -0.4 is 10.7 Å². The molecule has 4 rings (SSSR count). The minimum atomic E-state index is -0.0804. The number of nitrogens with zero attached hydrogens (tertiary/aromatic N) is 4. The first-order valence-electron chi connectivity index (χ1n) is 9.60. The van der Waals surface area contributed by atoms with Crippen LogP contribution in [0.2, 0.25) is 0 Å². The molecular weight excluding hydrogens is 426 g/mol. The number of nitrogens with two attached hydrogens (primary N) is 1. The van der Waals surface area contributed by atoms with E-state index in [-0.39, 0.29) is 11.7 Å². The molecule has 0 unspecified atom stereocenters. The van der Waals surface area contributed by atoms with Gasteiger partial charge in [0.25, 0.3) is 0 Å². The van der Waals surface area contributed by atoms with E-state index in [1.54, 1.807) is 17.2 Å². The molecule has 6 nitrogen and oxygen atoms in total. The standard InChI is InChI=1S/C23H21N5OS2/c1-2-13-27(22-26-20(15-30-22)18-11-7-4-8-12-18)21(29)16-31-23-25-19(14-28(23)24)17-9-5-3-6-10-17/h2-12,14-15H,1,13,16,24H2. The van der Waals surface area contributed by atoms with E-state index in [0.29, 0.717) is 16.8 Å². The van der Waals surface area contributed by atoms with Crippen LogP contribution in [0.5, 0.6) is 0 Å². The molecule has 0 fully saturated rings. The number of nitrogen functional groups attached to an aromatic ring is 1. The van der Waals surface area contributed by atoms with E-state index in [1.807, 2.05) is 66.0 Å². The fourth-order valence-corrected chi connectivity index (χ4v) is 4.61. The first-order chi connectivity index (χ1) is 15.2. The molecule has 4 aromatic rings. The van der Waals surface area contributed by atoms with Crippen molar-refractivity contribution >= 4 is 34.1 Å². The second kappa shape index (κ2) is 9.63. The summed E-state index contributed by atoms with van der Waals surface area (Å²) in [5, 5.41) is 3.18. The highest BCUT2D eigenvalue weighted by Crippen LogP contribution is 2.29. The number of thiazole rings is 1. The maximum atomic E-state index is 13.0. The van der Waals surface area contributed by atoms with Crippen LogP contribution in [0.25, 0.3) is 22.5 Å². The number of thioether (sulfide) groups is 1.